The fraction of sp³-hybridized carbons (Fsp3) is 0.278. The Kier molecular flexibility index (Phi) is 4.57. The third kappa shape index (κ3) is 3.87. The highest BCUT2D eigenvalue weighted by Crippen LogP contribution is 2.32. The van der Waals surface area contributed by atoms with Crippen LogP contribution in [0.2, 0.25) is 0 Å². The van der Waals surface area contributed by atoms with E-state index < -0.39 is 11.7 Å². The number of nitrogen functional groups attached to an aromatic ring is 1. The molecule has 0 aliphatic carbocycles. The lowest BCUT2D eigenvalue weighted by atomic mass is 10.1. The Morgan fingerprint density at radius 3 is 2.44 bits per heavy atom. The van der Waals surface area contributed by atoms with Crippen molar-refractivity contribution in [3.05, 3.63) is 53.6 Å². The van der Waals surface area contributed by atoms with Gasteiger partial charge in [-0.3, -0.25) is 4.79 Å². The summed E-state index contributed by atoms with van der Waals surface area (Å²) < 4.78 is 38.3. The summed E-state index contributed by atoms with van der Waals surface area (Å²) in [6.07, 6.45) is -2.41. The molecule has 0 bridgehead atoms. The van der Waals surface area contributed by atoms with Crippen LogP contribution in [-0.2, 0) is 6.18 Å². The van der Waals surface area contributed by atoms with Crippen LogP contribution in [-0.4, -0.2) is 23.9 Å². The SMILES string of the molecule is Nc1cc(C(=O)N2CCCC2)ccc1Nc1cccc(C(F)(F)F)c1. The van der Waals surface area contributed by atoms with Crippen molar-refractivity contribution in [2.24, 2.45) is 0 Å². The maximum Gasteiger partial charge on any atom is 0.416 e. The number of benzene rings is 2. The van der Waals surface area contributed by atoms with Gasteiger partial charge in [-0.05, 0) is 49.2 Å². The minimum absolute atomic E-state index is 0.0742. The second kappa shape index (κ2) is 6.66. The van der Waals surface area contributed by atoms with Crippen LogP contribution in [0.4, 0.5) is 30.2 Å². The van der Waals surface area contributed by atoms with Crippen LogP contribution in [0.1, 0.15) is 28.8 Å². The van der Waals surface area contributed by atoms with Gasteiger partial charge in [0.15, 0.2) is 0 Å². The van der Waals surface area contributed by atoms with Gasteiger partial charge < -0.3 is 16.0 Å². The Hall–Kier alpha value is -2.70. The largest absolute Gasteiger partial charge is 0.416 e. The molecule has 1 heterocycles. The van der Waals surface area contributed by atoms with Crippen LogP contribution < -0.4 is 11.1 Å². The predicted molar refractivity (Wildman–Crippen MR) is 90.7 cm³/mol. The number of amides is 1. The van der Waals surface area contributed by atoms with Gasteiger partial charge in [-0.1, -0.05) is 6.07 Å². The van der Waals surface area contributed by atoms with Crippen molar-refractivity contribution in [2.45, 2.75) is 19.0 Å². The predicted octanol–water partition coefficient (Wildman–Crippen LogP) is 4.27. The Bertz CT molecular complexity index is 783. The first-order valence-electron chi connectivity index (χ1n) is 7.98. The molecule has 0 atom stereocenters. The first-order valence-corrected chi connectivity index (χ1v) is 7.98. The number of nitrogens with two attached hydrogens (primary N) is 1. The number of carbonyl (C=O) groups is 1. The zero-order valence-electron chi connectivity index (χ0n) is 13.4. The van der Waals surface area contributed by atoms with Gasteiger partial charge in [0.05, 0.1) is 16.9 Å². The molecule has 1 aliphatic rings. The minimum atomic E-state index is -4.41. The molecule has 3 rings (SSSR count). The summed E-state index contributed by atoms with van der Waals surface area (Å²) in [6, 6.07) is 9.67. The number of hydrogen-bond donors (Lipinski definition) is 2. The minimum Gasteiger partial charge on any atom is -0.397 e. The zero-order valence-corrected chi connectivity index (χ0v) is 13.4. The highest BCUT2D eigenvalue weighted by molar-refractivity contribution is 5.96. The number of anilines is 3. The van der Waals surface area contributed by atoms with E-state index in [0.29, 0.717) is 16.9 Å². The third-order valence-corrected chi connectivity index (χ3v) is 4.16. The van der Waals surface area contributed by atoms with Crippen LogP contribution in [0.15, 0.2) is 42.5 Å². The summed E-state index contributed by atoms with van der Waals surface area (Å²) in [4.78, 5) is 14.1. The molecular formula is C18H18F3N3O. The lowest BCUT2D eigenvalue weighted by Gasteiger charge is -2.17. The molecule has 3 N–H and O–H groups in total. The lowest BCUT2D eigenvalue weighted by molar-refractivity contribution is -0.137. The van der Waals surface area contributed by atoms with Gasteiger partial charge in [0.25, 0.3) is 5.91 Å². The number of nitrogens with zero attached hydrogens (tertiary/aromatic N) is 1. The smallest absolute Gasteiger partial charge is 0.397 e. The van der Waals surface area contributed by atoms with E-state index in [4.69, 9.17) is 5.73 Å². The maximum atomic E-state index is 12.8. The van der Waals surface area contributed by atoms with Gasteiger partial charge >= 0.3 is 6.18 Å². The van der Waals surface area contributed by atoms with Crippen molar-refractivity contribution >= 4 is 23.0 Å². The Morgan fingerprint density at radius 2 is 1.80 bits per heavy atom. The fourth-order valence-electron chi connectivity index (χ4n) is 2.84. The van der Waals surface area contributed by atoms with Crippen molar-refractivity contribution in [1.82, 2.24) is 4.90 Å². The van der Waals surface area contributed by atoms with Gasteiger partial charge in [0.1, 0.15) is 0 Å². The Labute approximate surface area is 143 Å². The molecule has 7 heteroatoms. The number of alkyl halides is 3. The van der Waals surface area contributed by atoms with E-state index in [1.54, 1.807) is 23.1 Å². The Morgan fingerprint density at radius 1 is 1.08 bits per heavy atom. The molecule has 0 radical (unpaired) electrons. The average Bonchev–Trinajstić information content (AvgIpc) is 3.10. The molecule has 2 aromatic carbocycles. The van der Waals surface area contributed by atoms with Gasteiger partial charge in [-0.2, -0.15) is 13.2 Å². The standard InChI is InChI=1S/C18H18F3N3O/c19-18(20,21)13-4-3-5-14(11-13)23-16-7-6-12(10-15(16)22)17(25)24-8-1-2-9-24/h3-7,10-11,23H,1-2,8-9,22H2. The summed E-state index contributed by atoms with van der Waals surface area (Å²) in [5, 5.41) is 2.87. The molecule has 1 fully saturated rings. The molecule has 25 heavy (non-hydrogen) atoms. The van der Waals surface area contributed by atoms with Crippen LogP contribution in [0, 0.1) is 0 Å². The lowest BCUT2D eigenvalue weighted by Crippen LogP contribution is -2.27. The van der Waals surface area contributed by atoms with E-state index in [0.717, 1.165) is 38.1 Å². The highest BCUT2D eigenvalue weighted by Gasteiger charge is 2.30. The third-order valence-electron chi connectivity index (χ3n) is 4.16. The first kappa shape index (κ1) is 17.1. The van der Waals surface area contributed by atoms with Crippen molar-refractivity contribution in [3.63, 3.8) is 0 Å². The van der Waals surface area contributed by atoms with Crippen molar-refractivity contribution in [1.29, 1.82) is 0 Å². The summed E-state index contributed by atoms with van der Waals surface area (Å²) in [5.41, 5.74) is 6.76. The Balaban J connectivity index is 1.79. The summed E-state index contributed by atoms with van der Waals surface area (Å²) in [7, 11) is 0. The zero-order chi connectivity index (χ0) is 18.0. The number of nitrogens with one attached hydrogen (secondary N) is 1. The molecule has 2 aromatic rings. The second-order valence-electron chi connectivity index (χ2n) is 6.00. The molecule has 0 saturated carbocycles. The van der Waals surface area contributed by atoms with E-state index in [-0.39, 0.29) is 11.6 Å². The molecule has 4 nitrogen and oxygen atoms in total. The molecular weight excluding hydrogens is 331 g/mol. The normalized spacial score (nSPS) is 14.6. The van der Waals surface area contributed by atoms with Gasteiger partial charge in [-0.15, -0.1) is 0 Å². The van der Waals surface area contributed by atoms with Crippen molar-refractivity contribution in [3.8, 4) is 0 Å². The average molecular weight is 349 g/mol. The van der Waals surface area contributed by atoms with Crippen LogP contribution in [0.25, 0.3) is 0 Å². The highest BCUT2D eigenvalue weighted by atomic mass is 19.4. The number of rotatable bonds is 3. The fourth-order valence-corrected chi connectivity index (χ4v) is 2.84. The van der Waals surface area contributed by atoms with E-state index in [1.165, 1.54) is 12.1 Å². The van der Waals surface area contributed by atoms with Crippen LogP contribution in [0.5, 0.6) is 0 Å². The van der Waals surface area contributed by atoms with E-state index in [9.17, 15) is 18.0 Å². The molecule has 1 aliphatic heterocycles. The number of likely N-dealkylation sites (tertiary alicyclic amines) is 1. The quantitative estimate of drug-likeness (QED) is 0.814. The van der Waals surface area contributed by atoms with Gasteiger partial charge in [-0.25, -0.2) is 0 Å². The van der Waals surface area contributed by atoms with Gasteiger partial charge in [0.2, 0.25) is 0 Å². The maximum absolute atomic E-state index is 12.8. The van der Waals surface area contributed by atoms with Crippen molar-refractivity contribution < 1.29 is 18.0 Å². The second-order valence-corrected chi connectivity index (χ2v) is 6.00. The van der Waals surface area contributed by atoms with E-state index >= 15 is 0 Å². The summed E-state index contributed by atoms with van der Waals surface area (Å²) in [5.74, 6) is -0.0742. The first-order chi connectivity index (χ1) is 11.8. The number of hydrogen-bond acceptors (Lipinski definition) is 3. The molecule has 0 aromatic heterocycles. The van der Waals surface area contributed by atoms with E-state index in [2.05, 4.69) is 5.32 Å². The summed E-state index contributed by atoms with van der Waals surface area (Å²) in [6.45, 7) is 1.48. The molecule has 132 valence electrons. The number of halogens is 3. The summed E-state index contributed by atoms with van der Waals surface area (Å²) >= 11 is 0. The molecule has 1 saturated heterocycles. The molecule has 0 unspecified atom stereocenters. The van der Waals surface area contributed by atoms with E-state index in [1.807, 2.05) is 0 Å². The molecule has 0 spiro atoms. The molecule has 1 amide bonds. The van der Waals surface area contributed by atoms with Gasteiger partial charge in [0, 0.05) is 24.3 Å². The van der Waals surface area contributed by atoms with Crippen LogP contribution in [0.3, 0.4) is 0 Å². The number of carbonyl (C=O) groups excluding carboxylic acids is 1. The van der Waals surface area contributed by atoms with Crippen molar-refractivity contribution in [2.75, 3.05) is 24.1 Å². The topological polar surface area (TPSA) is 58.4 Å². The van der Waals surface area contributed by atoms with Crippen LogP contribution >= 0.6 is 0 Å². The monoisotopic (exact) mass is 349 g/mol.